The zero-order chi connectivity index (χ0) is 20.9. The number of hydrogen-bond acceptors (Lipinski definition) is 4. The second-order valence-corrected chi connectivity index (χ2v) is 6.41. The van der Waals surface area contributed by atoms with Crippen LogP contribution in [0, 0.1) is 5.82 Å². The van der Waals surface area contributed by atoms with Crippen LogP contribution in [0.5, 0.6) is 5.75 Å². The molecule has 0 heterocycles. The highest BCUT2D eigenvalue weighted by molar-refractivity contribution is 14.0. The normalized spacial score (nSPS) is 12.1. The van der Waals surface area contributed by atoms with Crippen LogP contribution in [-0.4, -0.2) is 44.5 Å². The number of halogens is 2. The molecular formula is C22H31FIN3O3. The van der Waals surface area contributed by atoms with Crippen molar-refractivity contribution < 1.29 is 19.0 Å². The lowest BCUT2D eigenvalue weighted by molar-refractivity contribution is 0.145. The Morgan fingerprint density at radius 3 is 2.53 bits per heavy atom. The Morgan fingerprint density at radius 2 is 1.87 bits per heavy atom. The average molecular weight is 531 g/mol. The van der Waals surface area contributed by atoms with E-state index >= 15 is 0 Å². The van der Waals surface area contributed by atoms with E-state index in [0.717, 1.165) is 17.7 Å². The third kappa shape index (κ3) is 9.27. The Kier molecular flexibility index (Phi) is 13.0. The maximum atomic E-state index is 13.9. The third-order valence-corrected chi connectivity index (χ3v) is 4.27. The van der Waals surface area contributed by atoms with Crippen LogP contribution in [-0.2, 0) is 11.3 Å². The zero-order valence-corrected chi connectivity index (χ0v) is 19.8. The summed E-state index contributed by atoms with van der Waals surface area (Å²) in [7, 11) is 1.63. The minimum absolute atomic E-state index is 0. The van der Waals surface area contributed by atoms with Crippen molar-refractivity contribution >= 4 is 29.9 Å². The SMILES string of the molecule is CCOCCCNC(=NCc1ccc(OC)cc1)NCC(O)c1ccccc1F.I. The van der Waals surface area contributed by atoms with E-state index in [2.05, 4.69) is 15.6 Å². The topological polar surface area (TPSA) is 75.1 Å². The molecule has 0 radical (unpaired) electrons. The maximum absolute atomic E-state index is 13.9. The van der Waals surface area contributed by atoms with Crippen molar-refractivity contribution in [2.24, 2.45) is 4.99 Å². The number of aliphatic hydroxyl groups excluding tert-OH is 1. The smallest absolute Gasteiger partial charge is 0.191 e. The summed E-state index contributed by atoms with van der Waals surface area (Å²) in [6.07, 6.45) is -0.153. The van der Waals surface area contributed by atoms with Gasteiger partial charge < -0.3 is 25.2 Å². The average Bonchev–Trinajstić information content (AvgIpc) is 2.75. The molecule has 0 bridgehead atoms. The molecule has 2 aromatic rings. The Morgan fingerprint density at radius 1 is 1.13 bits per heavy atom. The van der Waals surface area contributed by atoms with Crippen LogP contribution >= 0.6 is 24.0 Å². The molecule has 0 amide bonds. The number of ether oxygens (including phenoxy) is 2. The molecule has 0 aliphatic heterocycles. The van der Waals surface area contributed by atoms with Crippen molar-refractivity contribution in [3.63, 3.8) is 0 Å². The van der Waals surface area contributed by atoms with Crippen molar-refractivity contribution in [3.05, 3.63) is 65.5 Å². The van der Waals surface area contributed by atoms with Gasteiger partial charge in [0.05, 0.1) is 19.8 Å². The van der Waals surface area contributed by atoms with Gasteiger partial charge in [0.1, 0.15) is 11.6 Å². The van der Waals surface area contributed by atoms with Crippen LogP contribution < -0.4 is 15.4 Å². The number of benzene rings is 2. The van der Waals surface area contributed by atoms with Gasteiger partial charge in [0.2, 0.25) is 0 Å². The third-order valence-electron chi connectivity index (χ3n) is 4.27. The Balaban J connectivity index is 0.00000450. The molecule has 6 nitrogen and oxygen atoms in total. The Bertz CT molecular complexity index is 760. The van der Waals surface area contributed by atoms with Crippen LogP contribution in [0.25, 0.3) is 0 Å². The standard InChI is InChI=1S/C22H30FN3O3.HI/c1-3-29-14-6-13-24-22(25-15-17-9-11-18(28-2)12-10-17)26-16-21(27)19-7-4-5-8-20(19)23;/h4-5,7-12,21,27H,3,6,13-16H2,1-2H3,(H2,24,25,26);1H. The largest absolute Gasteiger partial charge is 0.497 e. The van der Waals surface area contributed by atoms with Crippen LogP contribution in [0.2, 0.25) is 0 Å². The highest BCUT2D eigenvalue weighted by atomic mass is 127. The summed E-state index contributed by atoms with van der Waals surface area (Å²) >= 11 is 0. The Hall–Kier alpha value is -1.91. The molecular weight excluding hydrogens is 500 g/mol. The van der Waals surface area contributed by atoms with Crippen molar-refractivity contribution in [3.8, 4) is 5.75 Å². The predicted molar refractivity (Wildman–Crippen MR) is 128 cm³/mol. The molecule has 8 heteroatoms. The molecule has 30 heavy (non-hydrogen) atoms. The van der Waals surface area contributed by atoms with E-state index in [4.69, 9.17) is 9.47 Å². The number of nitrogens with zero attached hydrogens (tertiary/aromatic N) is 1. The number of nitrogens with one attached hydrogen (secondary N) is 2. The fraction of sp³-hybridized carbons (Fsp3) is 0.409. The summed E-state index contributed by atoms with van der Waals surface area (Å²) < 4.78 is 24.4. The first-order chi connectivity index (χ1) is 14.1. The molecule has 2 rings (SSSR count). The van der Waals surface area contributed by atoms with Crippen LogP contribution in [0.1, 0.15) is 30.6 Å². The van der Waals surface area contributed by atoms with Crippen LogP contribution in [0.15, 0.2) is 53.5 Å². The molecule has 1 atom stereocenters. The molecule has 0 saturated heterocycles. The first-order valence-corrected chi connectivity index (χ1v) is 9.79. The fourth-order valence-corrected chi connectivity index (χ4v) is 2.65. The van der Waals surface area contributed by atoms with Gasteiger partial charge in [-0.25, -0.2) is 9.38 Å². The molecule has 0 saturated carbocycles. The highest BCUT2D eigenvalue weighted by Gasteiger charge is 2.12. The van der Waals surface area contributed by atoms with Gasteiger partial charge in [0.25, 0.3) is 0 Å². The summed E-state index contributed by atoms with van der Waals surface area (Å²) in [5, 5.41) is 16.6. The van der Waals surface area contributed by atoms with E-state index in [0.29, 0.717) is 32.3 Å². The van der Waals surface area contributed by atoms with Crippen molar-refractivity contribution in [1.29, 1.82) is 0 Å². The molecule has 0 aliphatic carbocycles. The van der Waals surface area contributed by atoms with Gasteiger partial charge in [-0.05, 0) is 37.1 Å². The number of methoxy groups -OCH3 is 1. The quantitative estimate of drug-likeness (QED) is 0.179. The molecule has 0 aliphatic rings. The van der Waals surface area contributed by atoms with E-state index in [1.54, 1.807) is 25.3 Å². The highest BCUT2D eigenvalue weighted by Crippen LogP contribution is 2.15. The summed E-state index contributed by atoms with van der Waals surface area (Å²) in [5.74, 6) is 0.911. The van der Waals surface area contributed by atoms with Crippen LogP contribution in [0.4, 0.5) is 4.39 Å². The Labute approximate surface area is 194 Å². The lowest BCUT2D eigenvalue weighted by atomic mass is 10.1. The van der Waals surface area contributed by atoms with Gasteiger partial charge in [-0.15, -0.1) is 24.0 Å². The first kappa shape index (κ1) is 26.1. The van der Waals surface area contributed by atoms with Gasteiger partial charge in [-0.3, -0.25) is 0 Å². The van der Waals surface area contributed by atoms with E-state index in [1.165, 1.54) is 6.07 Å². The number of hydrogen-bond donors (Lipinski definition) is 3. The minimum Gasteiger partial charge on any atom is -0.497 e. The number of rotatable bonds is 11. The first-order valence-electron chi connectivity index (χ1n) is 9.79. The van der Waals surface area contributed by atoms with Crippen molar-refractivity contribution in [2.75, 3.05) is 33.4 Å². The zero-order valence-electron chi connectivity index (χ0n) is 17.4. The van der Waals surface area contributed by atoms with Crippen molar-refractivity contribution in [1.82, 2.24) is 10.6 Å². The number of aliphatic imine (C=N–C) groups is 1. The predicted octanol–water partition coefficient (Wildman–Crippen LogP) is 3.65. The van der Waals surface area contributed by atoms with Gasteiger partial charge in [0.15, 0.2) is 5.96 Å². The summed E-state index contributed by atoms with van der Waals surface area (Å²) in [6, 6.07) is 13.9. The second kappa shape index (κ2) is 15.0. The van der Waals surface area contributed by atoms with Gasteiger partial charge >= 0.3 is 0 Å². The van der Waals surface area contributed by atoms with E-state index in [1.807, 2.05) is 31.2 Å². The van der Waals surface area contributed by atoms with Crippen molar-refractivity contribution in [2.45, 2.75) is 26.0 Å². The summed E-state index contributed by atoms with van der Waals surface area (Å²) in [6.45, 7) is 4.57. The van der Waals surface area contributed by atoms with E-state index in [-0.39, 0.29) is 36.1 Å². The monoisotopic (exact) mass is 531 g/mol. The van der Waals surface area contributed by atoms with E-state index in [9.17, 15) is 9.50 Å². The van der Waals surface area contributed by atoms with Gasteiger partial charge in [0, 0.05) is 31.9 Å². The fourth-order valence-electron chi connectivity index (χ4n) is 2.65. The molecule has 1 unspecified atom stereocenters. The van der Waals surface area contributed by atoms with Crippen LogP contribution in [0.3, 0.4) is 0 Å². The second-order valence-electron chi connectivity index (χ2n) is 6.41. The van der Waals surface area contributed by atoms with Gasteiger partial charge in [-0.1, -0.05) is 30.3 Å². The summed E-state index contributed by atoms with van der Waals surface area (Å²) in [5.41, 5.74) is 1.28. The number of guanidine groups is 1. The minimum atomic E-state index is -0.979. The number of aliphatic hydroxyl groups is 1. The molecule has 2 aromatic carbocycles. The molecule has 3 N–H and O–H groups in total. The van der Waals surface area contributed by atoms with Gasteiger partial charge in [-0.2, -0.15) is 0 Å². The maximum Gasteiger partial charge on any atom is 0.191 e. The lowest BCUT2D eigenvalue weighted by Gasteiger charge is -2.17. The molecule has 166 valence electrons. The molecule has 0 aromatic heterocycles. The molecule has 0 fully saturated rings. The summed E-state index contributed by atoms with van der Waals surface area (Å²) in [4.78, 5) is 4.56. The molecule has 0 spiro atoms. The lowest BCUT2D eigenvalue weighted by Crippen LogP contribution is -2.40. The van der Waals surface area contributed by atoms with E-state index < -0.39 is 11.9 Å².